The Hall–Kier alpha value is -1.04. The highest BCUT2D eigenvalue weighted by Gasteiger charge is 2.19. The van der Waals surface area contributed by atoms with E-state index in [2.05, 4.69) is 24.3 Å². The van der Waals surface area contributed by atoms with E-state index in [1.165, 1.54) is 25.7 Å². The van der Waals surface area contributed by atoms with Crippen molar-refractivity contribution in [2.45, 2.75) is 25.7 Å². The summed E-state index contributed by atoms with van der Waals surface area (Å²) in [7, 11) is 0. The molecule has 0 fully saturated rings. The lowest BCUT2D eigenvalue weighted by Gasteiger charge is -2.26. The van der Waals surface area contributed by atoms with Crippen LogP contribution in [-0.2, 0) is 12.8 Å². The minimum Gasteiger partial charge on any atom is -0.0804 e. The number of hydrogen-bond acceptors (Lipinski definition) is 0. The van der Waals surface area contributed by atoms with Crippen molar-refractivity contribution in [3.05, 3.63) is 41.0 Å². The molecule has 0 spiro atoms. The van der Waals surface area contributed by atoms with Gasteiger partial charge >= 0.3 is 0 Å². The average Bonchev–Trinajstić information content (AvgIpc) is 1.89. The number of aryl methyl sites for hydroxylation is 1. The molecule has 0 radical (unpaired) electrons. The molecule has 0 saturated carbocycles. The van der Waals surface area contributed by atoms with Crippen LogP contribution in [0.1, 0.15) is 29.5 Å². The van der Waals surface area contributed by atoms with Gasteiger partial charge in [0.25, 0.3) is 0 Å². The highest BCUT2D eigenvalue weighted by Crippen LogP contribution is 2.36. The van der Waals surface area contributed by atoms with E-state index in [4.69, 9.17) is 0 Å². The van der Waals surface area contributed by atoms with Crippen LogP contribution in [0.25, 0.3) is 5.57 Å². The molecule has 12 heavy (non-hydrogen) atoms. The predicted molar refractivity (Wildman–Crippen MR) is 51.1 cm³/mol. The second kappa shape index (κ2) is 2.22. The first kappa shape index (κ1) is 6.47. The standard InChI is InChI=1S/C12H12/c1-3-9(4-1)11-6-2-5-10-7-8-12(10)11/h2-3,5-6H,1,4,7-8H2. The third-order valence-electron chi connectivity index (χ3n) is 3.07. The van der Waals surface area contributed by atoms with Crippen LogP contribution in [0.5, 0.6) is 0 Å². The van der Waals surface area contributed by atoms with Crippen LogP contribution < -0.4 is 0 Å². The Balaban J connectivity index is 2.15. The molecule has 2 aliphatic rings. The van der Waals surface area contributed by atoms with Crippen LogP contribution in [0.2, 0.25) is 0 Å². The summed E-state index contributed by atoms with van der Waals surface area (Å²) in [5.74, 6) is 0. The molecule has 0 atom stereocenters. The SMILES string of the molecule is C1=C(c2cccc3c2CC3)CC1. The summed E-state index contributed by atoms with van der Waals surface area (Å²) in [6.07, 6.45) is 7.57. The second-order valence-electron chi connectivity index (χ2n) is 3.71. The zero-order chi connectivity index (χ0) is 7.97. The van der Waals surface area contributed by atoms with E-state index in [1.807, 2.05) is 0 Å². The molecule has 1 aromatic carbocycles. The van der Waals surface area contributed by atoms with Gasteiger partial charge in [-0.1, -0.05) is 24.3 Å². The minimum absolute atomic E-state index is 1.29. The Morgan fingerprint density at radius 3 is 2.50 bits per heavy atom. The van der Waals surface area contributed by atoms with Gasteiger partial charge in [-0.05, 0) is 47.9 Å². The van der Waals surface area contributed by atoms with Crippen LogP contribution in [0.15, 0.2) is 24.3 Å². The summed E-state index contributed by atoms with van der Waals surface area (Å²) in [5, 5.41) is 0. The smallest absolute Gasteiger partial charge is 0.0193 e. The van der Waals surface area contributed by atoms with Crippen molar-refractivity contribution in [3.63, 3.8) is 0 Å². The van der Waals surface area contributed by atoms with Gasteiger partial charge in [-0.15, -0.1) is 0 Å². The van der Waals surface area contributed by atoms with Gasteiger partial charge in [0.05, 0.1) is 0 Å². The Morgan fingerprint density at radius 2 is 1.92 bits per heavy atom. The van der Waals surface area contributed by atoms with Gasteiger partial charge in [-0.3, -0.25) is 0 Å². The summed E-state index contributed by atoms with van der Waals surface area (Å²) in [4.78, 5) is 0. The zero-order valence-corrected chi connectivity index (χ0v) is 7.14. The van der Waals surface area contributed by atoms with Crippen molar-refractivity contribution in [3.8, 4) is 0 Å². The molecule has 3 rings (SSSR count). The third-order valence-corrected chi connectivity index (χ3v) is 3.07. The van der Waals surface area contributed by atoms with Crippen molar-refractivity contribution in [2.24, 2.45) is 0 Å². The molecule has 0 unspecified atom stereocenters. The molecule has 0 N–H and O–H groups in total. The lowest BCUT2D eigenvalue weighted by Crippen LogP contribution is -2.12. The van der Waals surface area contributed by atoms with Crippen LogP contribution in [0.4, 0.5) is 0 Å². The highest BCUT2D eigenvalue weighted by atomic mass is 14.2. The number of hydrogen-bond donors (Lipinski definition) is 0. The van der Waals surface area contributed by atoms with Crippen LogP contribution in [0.3, 0.4) is 0 Å². The van der Waals surface area contributed by atoms with Gasteiger partial charge in [0.15, 0.2) is 0 Å². The maximum atomic E-state index is 2.37. The first-order valence-corrected chi connectivity index (χ1v) is 4.75. The fourth-order valence-electron chi connectivity index (χ4n) is 2.08. The number of fused-ring (bicyclic) bond motifs is 1. The van der Waals surface area contributed by atoms with E-state index in [0.29, 0.717) is 0 Å². The summed E-state index contributed by atoms with van der Waals surface area (Å²) >= 11 is 0. The molecular formula is C12H12. The van der Waals surface area contributed by atoms with Gasteiger partial charge in [0, 0.05) is 0 Å². The lowest BCUT2D eigenvalue weighted by atomic mass is 9.79. The van der Waals surface area contributed by atoms with E-state index in [1.54, 1.807) is 22.3 Å². The largest absolute Gasteiger partial charge is 0.0804 e. The molecule has 60 valence electrons. The number of benzene rings is 1. The first-order valence-electron chi connectivity index (χ1n) is 4.75. The molecule has 2 aliphatic carbocycles. The van der Waals surface area contributed by atoms with Gasteiger partial charge in [-0.2, -0.15) is 0 Å². The first-order chi connectivity index (χ1) is 5.95. The van der Waals surface area contributed by atoms with Crippen LogP contribution in [-0.4, -0.2) is 0 Å². The van der Waals surface area contributed by atoms with Crippen molar-refractivity contribution in [2.75, 3.05) is 0 Å². The molecule has 0 heteroatoms. The van der Waals surface area contributed by atoms with Gasteiger partial charge in [-0.25, -0.2) is 0 Å². The maximum absolute atomic E-state index is 2.37. The molecule has 0 nitrogen and oxygen atoms in total. The fourth-order valence-corrected chi connectivity index (χ4v) is 2.08. The normalized spacial score (nSPS) is 18.8. The lowest BCUT2D eigenvalue weighted by molar-refractivity contribution is 0.828. The summed E-state index contributed by atoms with van der Waals surface area (Å²) in [6.45, 7) is 0. The number of allylic oxidation sites excluding steroid dienone is 2. The van der Waals surface area contributed by atoms with E-state index in [0.717, 1.165) is 0 Å². The summed E-state index contributed by atoms with van der Waals surface area (Å²) in [5.41, 5.74) is 6.35. The summed E-state index contributed by atoms with van der Waals surface area (Å²) in [6, 6.07) is 6.75. The quantitative estimate of drug-likeness (QED) is 0.586. The molecule has 0 bridgehead atoms. The Bertz CT molecular complexity index is 358. The van der Waals surface area contributed by atoms with Gasteiger partial charge in [0.1, 0.15) is 0 Å². The predicted octanol–water partition coefficient (Wildman–Crippen LogP) is 2.96. The molecule has 0 heterocycles. The van der Waals surface area contributed by atoms with E-state index >= 15 is 0 Å². The van der Waals surface area contributed by atoms with Crippen molar-refractivity contribution in [1.29, 1.82) is 0 Å². The molecule has 0 amide bonds. The molecule has 0 aliphatic heterocycles. The Morgan fingerprint density at radius 1 is 1.00 bits per heavy atom. The van der Waals surface area contributed by atoms with E-state index in [-0.39, 0.29) is 0 Å². The number of rotatable bonds is 1. The Kier molecular flexibility index (Phi) is 1.20. The molecule has 1 aromatic rings. The van der Waals surface area contributed by atoms with Gasteiger partial charge < -0.3 is 0 Å². The van der Waals surface area contributed by atoms with E-state index < -0.39 is 0 Å². The highest BCUT2D eigenvalue weighted by molar-refractivity contribution is 5.74. The maximum Gasteiger partial charge on any atom is -0.0193 e. The van der Waals surface area contributed by atoms with Crippen molar-refractivity contribution < 1.29 is 0 Å². The second-order valence-corrected chi connectivity index (χ2v) is 3.71. The monoisotopic (exact) mass is 156 g/mol. The topological polar surface area (TPSA) is 0 Å². The van der Waals surface area contributed by atoms with Crippen LogP contribution in [0, 0.1) is 0 Å². The zero-order valence-electron chi connectivity index (χ0n) is 7.14. The average molecular weight is 156 g/mol. The molecular weight excluding hydrogens is 144 g/mol. The minimum atomic E-state index is 1.29. The summed E-state index contributed by atoms with van der Waals surface area (Å²) < 4.78 is 0. The van der Waals surface area contributed by atoms with Crippen molar-refractivity contribution in [1.82, 2.24) is 0 Å². The van der Waals surface area contributed by atoms with Crippen LogP contribution >= 0.6 is 0 Å². The molecule has 0 saturated heterocycles. The van der Waals surface area contributed by atoms with Gasteiger partial charge in [0.2, 0.25) is 0 Å². The van der Waals surface area contributed by atoms with Crippen molar-refractivity contribution >= 4 is 5.57 Å². The molecule has 0 aromatic heterocycles. The Labute approximate surface area is 72.9 Å². The van der Waals surface area contributed by atoms with E-state index in [9.17, 15) is 0 Å². The third kappa shape index (κ3) is 0.726. The fraction of sp³-hybridized carbons (Fsp3) is 0.333.